The second kappa shape index (κ2) is 7.23. The molecule has 2 heterocycles. The van der Waals surface area contributed by atoms with Gasteiger partial charge in [0.1, 0.15) is 5.82 Å². The van der Waals surface area contributed by atoms with E-state index in [1.807, 2.05) is 25.1 Å². The first-order chi connectivity index (χ1) is 10.2. The Bertz CT molecular complexity index is 487. The molecular weight excluding hydrogens is 264 g/mol. The molecule has 0 aromatic carbocycles. The Hall–Kier alpha value is -1.87. The van der Waals surface area contributed by atoms with Crippen molar-refractivity contribution in [2.75, 3.05) is 50.1 Å². The van der Waals surface area contributed by atoms with E-state index in [1.165, 1.54) is 0 Å². The van der Waals surface area contributed by atoms with Crippen molar-refractivity contribution in [3.63, 3.8) is 0 Å². The van der Waals surface area contributed by atoms with Gasteiger partial charge >= 0.3 is 0 Å². The molecule has 1 fully saturated rings. The lowest BCUT2D eigenvalue weighted by atomic mass is 10.1. The van der Waals surface area contributed by atoms with Crippen LogP contribution in [0.1, 0.15) is 19.8 Å². The Kier molecular flexibility index (Phi) is 5.34. The summed E-state index contributed by atoms with van der Waals surface area (Å²) in [5.74, 6) is 1.70. The number of hydrogen-bond acceptors (Lipinski definition) is 6. The highest BCUT2D eigenvalue weighted by Crippen LogP contribution is 2.17. The maximum absolute atomic E-state index is 9.26. The van der Waals surface area contributed by atoms with Crippen molar-refractivity contribution >= 4 is 11.8 Å². The molecule has 1 unspecified atom stereocenters. The first-order valence-electron chi connectivity index (χ1n) is 7.54. The van der Waals surface area contributed by atoms with Crippen LogP contribution in [0.15, 0.2) is 12.3 Å². The molecule has 0 N–H and O–H groups in total. The van der Waals surface area contributed by atoms with Crippen LogP contribution in [0.2, 0.25) is 0 Å². The fraction of sp³-hybridized carbons (Fsp3) is 0.667. The summed E-state index contributed by atoms with van der Waals surface area (Å²) < 4.78 is 0. The van der Waals surface area contributed by atoms with Crippen LogP contribution in [0, 0.1) is 11.3 Å². The number of aromatic nitrogens is 2. The van der Waals surface area contributed by atoms with Crippen LogP contribution < -0.4 is 9.80 Å². The van der Waals surface area contributed by atoms with E-state index in [4.69, 9.17) is 0 Å². The average molecular weight is 288 g/mol. The van der Waals surface area contributed by atoms with E-state index < -0.39 is 0 Å². The minimum absolute atomic E-state index is 0.0554. The first kappa shape index (κ1) is 15.5. The van der Waals surface area contributed by atoms with E-state index >= 15 is 0 Å². The van der Waals surface area contributed by atoms with Crippen molar-refractivity contribution in [2.24, 2.45) is 0 Å². The lowest BCUT2D eigenvalue weighted by Crippen LogP contribution is -2.50. The van der Waals surface area contributed by atoms with Crippen molar-refractivity contribution in [1.29, 1.82) is 5.26 Å². The molecule has 0 spiro atoms. The maximum Gasteiger partial charge on any atom is 0.226 e. The van der Waals surface area contributed by atoms with Gasteiger partial charge in [-0.1, -0.05) is 13.3 Å². The molecule has 21 heavy (non-hydrogen) atoms. The molecule has 0 saturated carbocycles. The summed E-state index contributed by atoms with van der Waals surface area (Å²) in [5.41, 5.74) is 0. The Morgan fingerprint density at radius 3 is 2.62 bits per heavy atom. The fourth-order valence-electron chi connectivity index (χ4n) is 2.60. The molecule has 1 aliphatic rings. The van der Waals surface area contributed by atoms with Gasteiger partial charge in [0.2, 0.25) is 5.95 Å². The fourth-order valence-corrected chi connectivity index (χ4v) is 2.60. The van der Waals surface area contributed by atoms with Crippen molar-refractivity contribution in [1.82, 2.24) is 14.9 Å². The van der Waals surface area contributed by atoms with Gasteiger partial charge in [0.05, 0.1) is 12.1 Å². The van der Waals surface area contributed by atoms with Gasteiger partial charge in [0.25, 0.3) is 0 Å². The van der Waals surface area contributed by atoms with Gasteiger partial charge in [-0.3, -0.25) is 4.90 Å². The highest BCUT2D eigenvalue weighted by molar-refractivity contribution is 5.43. The molecular formula is C15H24N6. The lowest BCUT2D eigenvalue weighted by molar-refractivity contribution is 0.211. The second-order valence-corrected chi connectivity index (χ2v) is 5.57. The summed E-state index contributed by atoms with van der Waals surface area (Å²) >= 11 is 0. The van der Waals surface area contributed by atoms with Crippen molar-refractivity contribution < 1.29 is 0 Å². The smallest absolute Gasteiger partial charge is 0.226 e. The van der Waals surface area contributed by atoms with Gasteiger partial charge in [0.15, 0.2) is 0 Å². The van der Waals surface area contributed by atoms with E-state index in [1.54, 1.807) is 6.20 Å². The van der Waals surface area contributed by atoms with Gasteiger partial charge in [-0.25, -0.2) is 4.98 Å². The molecule has 1 saturated heterocycles. The third-order valence-corrected chi connectivity index (χ3v) is 3.82. The van der Waals surface area contributed by atoms with Crippen LogP contribution in [-0.4, -0.2) is 61.2 Å². The van der Waals surface area contributed by atoms with E-state index in [-0.39, 0.29) is 6.04 Å². The molecule has 0 amide bonds. The minimum atomic E-state index is 0.0554. The van der Waals surface area contributed by atoms with Gasteiger partial charge in [-0.15, -0.1) is 0 Å². The normalized spacial score (nSPS) is 17.3. The van der Waals surface area contributed by atoms with Gasteiger partial charge < -0.3 is 9.80 Å². The average Bonchev–Trinajstić information content (AvgIpc) is 2.53. The molecule has 0 radical (unpaired) electrons. The predicted molar refractivity (Wildman–Crippen MR) is 84.5 cm³/mol. The predicted octanol–water partition coefficient (Wildman–Crippen LogP) is 1.36. The quantitative estimate of drug-likeness (QED) is 0.815. The summed E-state index contributed by atoms with van der Waals surface area (Å²) in [6.45, 7) is 5.78. The minimum Gasteiger partial charge on any atom is -0.354 e. The van der Waals surface area contributed by atoms with E-state index in [9.17, 15) is 5.26 Å². The van der Waals surface area contributed by atoms with Crippen LogP contribution >= 0.6 is 0 Å². The molecule has 6 nitrogen and oxygen atoms in total. The van der Waals surface area contributed by atoms with Crippen molar-refractivity contribution in [2.45, 2.75) is 25.8 Å². The van der Waals surface area contributed by atoms with Crippen LogP contribution in [0.3, 0.4) is 0 Å². The molecule has 1 aliphatic heterocycles. The Balaban J connectivity index is 1.98. The zero-order chi connectivity index (χ0) is 15.2. The summed E-state index contributed by atoms with van der Waals surface area (Å²) in [5, 5.41) is 9.26. The van der Waals surface area contributed by atoms with Crippen LogP contribution in [-0.2, 0) is 0 Å². The first-order valence-corrected chi connectivity index (χ1v) is 7.54. The number of rotatable bonds is 5. The summed E-state index contributed by atoms with van der Waals surface area (Å²) in [4.78, 5) is 15.3. The molecule has 1 aromatic heterocycles. The summed E-state index contributed by atoms with van der Waals surface area (Å²) in [6.07, 6.45) is 3.81. The molecule has 1 aromatic rings. The van der Waals surface area contributed by atoms with Crippen molar-refractivity contribution in [3.05, 3.63) is 12.3 Å². The zero-order valence-electron chi connectivity index (χ0n) is 13.2. The molecule has 114 valence electrons. The SMILES string of the molecule is CCCC(C#N)N1CCN(c2ccnc(N(C)C)n2)CC1. The van der Waals surface area contributed by atoms with E-state index in [2.05, 4.69) is 32.8 Å². The number of nitriles is 1. The summed E-state index contributed by atoms with van der Waals surface area (Å²) in [6, 6.07) is 4.44. The second-order valence-electron chi connectivity index (χ2n) is 5.57. The Morgan fingerprint density at radius 1 is 1.33 bits per heavy atom. The molecule has 0 bridgehead atoms. The van der Waals surface area contributed by atoms with Gasteiger partial charge in [0, 0.05) is 46.5 Å². The van der Waals surface area contributed by atoms with E-state index in [0.29, 0.717) is 0 Å². The van der Waals surface area contributed by atoms with Gasteiger partial charge in [-0.2, -0.15) is 10.2 Å². The Morgan fingerprint density at radius 2 is 2.05 bits per heavy atom. The molecule has 1 atom stereocenters. The Labute approximate surface area is 127 Å². The van der Waals surface area contributed by atoms with Crippen LogP contribution in [0.4, 0.5) is 11.8 Å². The van der Waals surface area contributed by atoms with Crippen LogP contribution in [0.5, 0.6) is 0 Å². The standard InChI is InChI=1S/C15H24N6/c1-4-5-13(12-16)20-8-10-21(11-9-20)14-6-7-17-15(18-14)19(2)3/h6-7,13H,4-5,8-11H2,1-3H3. The zero-order valence-corrected chi connectivity index (χ0v) is 13.2. The lowest BCUT2D eigenvalue weighted by Gasteiger charge is -2.37. The monoisotopic (exact) mass is 288 g/mol. The third kappa shape index (κ3) is 3.82. The highest BCUT2D eigenvalue weighted by atomic mass is 15.3. The number of anilines is 2. The molecule has 2 rings (SSSR count). The summed E-state index contributed by atoms with van der Waals surface area (Å²) in [7, 11) is 3.89. The molecule has 0 aliphatic carbocycles. The van der Waals surface area contributed by atoms with Crippen LogP contribution in [0.25, 0.3) is 0 Å². The van der Waals surface area contributed by atoms with Crippen molar-refractivity contribution in [3.8, 4) is 6.07 Å². The highest BCUT2D eigenvalue weighted by Gasteiger charge is 2.23. The largest absolute Gasteiger partial charge is 0.354 e. The topological polar surface area (TPSA) is 59.3 Å². The van der Waals surface area contributed by atoms with E-state index in [0.717, 1.165) is 50.8 Å². The number of nitrogens with zero attached hydrogens (tertiary/aromatic N) is 6. The molecule has 6 heteroatoms. The number of hydrogen-bond donors (Lipinski definition) is 0. The van der Waals surface area contributed by atoms with Gasteiger partial charge in [-0.05, 0) is 12.5 Å². The maximum atomic E-state index is 9.26. The number of piperazine rings is 1. The third-order valence-electron chi connectivity index (χ3n) is 3.82.